The van der Waals surface area contributed by atoms with Crippen LogP contribution in [0.1, 0.15) is 23.0 Å². The standard InChI is InChI=1S/C21H22F3N5O2/c1-12-8-29(11-19(31-12)21(22,23)24)9-13-3-4-15-16(14-7-26-28(2)10-14)6-18(20(25)30)27-17(15)5-13/h3-7,10,12,19H,8-9,11H2,1-2H3,(H2,25,30)/t12-,19?/m0/s1. The number of pyridine rings is 1. The Morgan fingerprint density at radius 1 is 1.29 bits per heavy atom. The molecule has 2 atom stereocenters. The zero-order chi connectivity index (χ0) is 22.3. The van der Waals surface area contributed by atoms with Gasteiger partial charge in [-0.05, 0) is 30.2 Å². The van der Waals surface area contributed by atoms with Crippen molar-refractivity contribution in [3.05, 3.63) is 47.9 Å². The first-order valence-corrected chi connectivity index (χ1v) is 9.77. The number of fused-ring (bicyclic) bond motifs is 1. The predicted octanol–water partition coefficient (Wildman–Crippen LogP) is 2.89. The van der Waals surface area contributed by atoms with Crippen LogP contribution in [-0.2, 0) is 18.3 Å². The van der Waals surface area contributed by atoms with Crippen LogP contribution in [0.3, 0.4) is 0 Å². The number of aryl methyl sites for hydroxylation is 1. The lowest BCUT2D eigenvalue weighted by Crippen LogP contribution is -2.51. The van der Waals surface area contributed by atoms with Gasteiger partial charge in [-0.1, -0.05) is 12.1 Å². The summed E-state index contributed by atoms with van der Waals surface area (Å²) in [5, 5.41) is 4.97. The molecule has 31 heavy (non-hydrogen) atoms. The topological polar surface area (TPSA) is 86.3 Å². The van der Waals surface area contributed by atoms with E-state index in [1.54, 1.807) is 41.9 Å². The first kappa shape index (κ1) is 21.3. The quantitative estimate of drug-likeness (QED) is 0.684. The van der Waals surface area contributed by atoms with Crippen LogP contribution in [0.2, 0.25) is 0 Å². The highest BCUT2D eigenvalue weighted by atomic mass is 19.4. The van der Waals surface area contributed by atoms with E-state index in [4.69, 9.17) is 10.5 Å². The molecule has 1 aliphatic rings. The number of carbonyl (C=O) groups excluding carboxylic acids is 1. The molecule has 0 saturated carbocycles. The lowest BCUT2D eigenvalue weighted by atomic mass is 10.0. The molecule has 1 fully saturated rings. The van der Waals surface area contributed by atoms with E-state index in [9.17, 15) is 18.0 Å². The third-order valence-electron chi connectivity index (χ3n) is 5.25. The number of benzene rings is 1. The summed E-state index contributed by atoms with van der Waals surface area (Å²) in [6, 6.07) is 7.12. The molecule has 0 spiro atoms. The van der Waals surface area contributed by atoms with Crippen LogP contribution in [0.25, 0.3) is 22.0 Å². The van der Waals surface area contributed by atoms with Crippen molar-refractivity contribution in [2.24, 2.45) is 12.8 Å². The Labute approximate surface area is 176 Å². The van der Waals surface area contributed by atoms with Crippen LogP contribution in [0.15, 0.2) is 36.7 Å². The van der Waals surface area contributed by atoms with Crippen LogP contribution in [-0.4, -0.2) is 57.0 Å². The van der Waals surface area contributed by atoms with E-state index in [1.807, 2.05) is 18.3 Å². The maximum Gasteiger partial charge on any atom is 0.415 e. The Bertz CT molecular complexity index is 1130. The zero-order valence-electron chi connectivity index (χ0n) is 17.1. The summed E-state index contributed by atoms with van der Waals surface area (Å²) in [6.45, 7) is 2.09. The van der Waals surface area contributed by atoms with Gasteiger partial charge in [-0.15, -0.1) is 0 Å². The predicted molar refractivity (Wildman–Crippen MR) is 108 cm³/mol. The van der Waals surface area contributed by atoms with Gasteiger partial charge in [0.05, 0.1) is 17.8 Å². The molecule has 7 nitrogen and oxygen atoms in total. The number of nitrogens with two attached hydrogens (primary N) is 1. The van der Waals surface area contributed by atoms with Gasteiger partial charge in [0.2, 0.25) is 0 Å². The first-order valence-electron chi connectivity index (χ1n) is 9.77. The van der Waals surface area contributed by atoms with Crippen molar-refractivity contribution in [2.45, 2.75) is 31.9 Å². The second-order valence-electron chi connectivity index (χ2n) is 7.84. The lowest BCUT2D eigenvalue weighted by Gasteiger charge is -2.37. The largest absolute Gasteiger partial charge is 0.415 e. The van der Waals surface area contributed by atoms with Gasteiger partial charge < -0.3 is 10.5 Å². The summed E-state index contributed by atoms with van der Waals surface area (Å²) in [6.07, 6.45) is -3.25. The fourth-order valence-electron chi connectivity index (χ4n) is 3.90. The molecule has 0 radical (unpaired) electrons. The molecule has 3 aromatic rings. The summed E-state index contributed by atoms with van der Waals surface area (Å²) >= 11 is 0. The number of carbonyl (C=O) groups is 1. The van der Waals surface area contributed by atoms with Crippen LogP contribution < -0.4 is 5.73 Å². The zero-order valence-corrected chi connectivity index (χ0v) is 17.1. The molecule has 2 N–H and O–H groups in total. The van der Waals surface area contributed by atoms with Gasteiger partial charge in [-0.25, -0.2) is 4.98 Å². The van der Waals surface area contributed by atoms with E-state index in [-0.39, 0.29) is 12.2 Å². The van der Waals surface area contributed by atoms with Crippen molar-refractivity contribution in [1.29, 1.82) is 0 Å². The van der Waals surface area contributed by atoms with Crippen molar-refractivity contribution in [3.8, 4) is 11.1 Å². The molecule has 1 unspecified atom stereocenters. The number of aromatic nitrogens is 3. The van der Waals surface area contributed by atoms with Crippen LogP contribution in [0.4, 0.5) is 13.2 Å². The third-order valence-corrected chi connectivity index (χ3v) is 5.25. The summed E-state index contributed by atoms with van der Waals surface area (Å²) in [4.78, 5) is 17.9. The summed E-state index contributed by atoms with van der Waals surface area (Å²) < 4.78 is 46.2. The maximum absolute atomic E-state index is 13.2. The summed E-state index contributed by atoms with van der Waals surface area (Å²) in [5.41, 5.74) is 8.47. The highest BCUT2D eigenvalue weighted by Crippen LogP contribution is 2.31. The normalized spacial score (nSPS) is 20.3. The Balaban J connectivity index is 1.68. The fourth-order valence-corrected chi connectivity index (χ4v) is 3.90. The van der Waals surface area contributed by atoms with Crippen LogP contribution in [0.5, 0.6) is 0 Å². The smallest absolute Gasteiger partial charge is 0.364 e. The fraction of sp³-hybridized carbons (Fsp3) is 0.381. The monoisotopic (exact) mass is 433 g/mol. The number of nitrogens with zero attached hydrogens (tertiary/aromatic N) is 4. The number of morpholine rings is 1. The second kappa shape index (κ2) is 7.93. The van der Waals surface area contributed by atoms with Gasteiger partial charge in [0, 0.05) is 43.8 Å². The van der Waals surface area contributed by atoms with Gasteiger partial charge >= 0.3 is 6.18 Å². The van der Waals surface area contributed by atoms with Gasteiger partial charge in [0.15, 0.2) is 6.10 Å². The van der Waals surface area contributed by atoms with E-state index in [1.165, 1.54) is 0 Å². The average molecular weight is 433 g/mol. The number of rotatable bonds is 4. The molecular weight excluding hydrogens is 411 g/mol. The second-order valence-corrected chi connectivity index (χ2v) is 7.84. The van der Waals surface area contributed by atoms with Crippen molar-refractivity contribution in [1.82, 2.24) is 19.7 Å². The van der Waals surface area contributed by atoms with Gasteiger partial charge in [0.25, 0.3) is 5.91 Å². The van der Waals surface area contributed by atoms with Crippen molar-refractivity contribution < 1.29 is 22.7 Å². The molecule has 1 aliphatic heterocycles. The molecule has 164 valence electrons. The van der Waals surface area contributed by atoms with E-state index >= 15 is 0 Å². The number of halogens is 3. The molecule has 2 aromatic heterocycles. The van der Waals surface area contributed by atoms with Gasteiger partial charge in [-0.2, -0.15) is 18.3 Å². The first-order chi connectivity index (χ1) is 14.6. The molecule has 3 heterocycles. The molecule has 1 amide bonds. The molecule has 10 heteroatoms. The highest BCUT2D eigenvalue weighted by molar-refractivity contribution is 6.00. The van der Waals surface area contributed by atoms with E-state index < -0.39 is 24.3 Å². The van der Waals surface area contributed by atoms with E-state index in [2.05, 4.69) is 10.1 Å². The van der Waals surface area contributed by atoms with E-state index in [0.29, 0.717) is 18.6 Å². The number of hydrogen-bond donors (Lipinski definition) is 1. The SMILES string of the molecule is C[C@H]1CN(Cc2ccc3c(-c4cnn(C)c4)cc(C(N)=O)nc3c2)CC(C(F)(F)F)O1. The average Bonchev–Trinajstić information content (AvgIpc) is 3.12. The van der Waals surface area contributed by atoms with Crippen molar-refractivity contribution in [2.75, 3.05) is 13.1 Å². The number of alkyl halides is 3. The Hall–Kier alpha value is -2.98. The third kappa shape index (κ3) is 4.54. The number of ether oxygens (including phenoxy) is 1. The minimum absolute atomic E-state index is 0.112. The molecule has 1 aromatic carbocycles. The molecule has 4 rings (SSSR count). The molecule has 1 saturated heterocycles. The molecular formula is C21H22F3N5O2. The van der Waals surface area contributed by atoms with Crippen molar-refractivity contribution >= 4 is 16.8 Å². The Morgan fingerprint density at radius 2 is 2.06 bits per heavy atom. The Morgan fingerprint density at radius 3 is 2.71 bits per heavy atom. The minimum atomic E-state index is -4.41. The van der Waals surface area contributed by atoms with Crippen molar-refractivity contribution in [3.63, 3.8) is 0 Å². The molecule has 0 aliphatic carbocycles. The molecule has 0 bridgehead atoms. The van der Waals surface area contributed by atoms with Crippen LogP contribution in [0, 0.1) is 0 Å². The van der Waals surface area contributed by atoms with Gasteiger partial charge in [-0.3, -0.25) is 14.4 Å². The van der Waals surface area contributed by atoms with E-state index in [0.717, 1.165) is 22.1 Å². The number of amides is 1. The highest BCUT2D eigenvalue weighted by Gasteiger charge is 2.44. The summed E-state index contributed by atoms with van der Waals surface area (Å²) in [7, 11) is 1.79. The minimum Gasteiger partial charge on any atom is -0.364 e. The Kier molecular flexibility index (Phi) is 5.44. The number of primary amides is 1. The number of hydrogen-bond acceptors (Lipinski definition) is 5. The van der Waals surface area contributed by atoms with Gasteiger partial charge in [0.1, 0.15) is 5.69 Å². The maximum atomic E-state index is 13.2. The lowest BCUT2D eigenvalue weighted by molar-refractivity contribution is -0.252. The summed E-state index contributed by atoms with van der Waals surface area (Å²) in [5.74, 6) is -0.660. The van der Waals surface area contributed by atoms with Crippen LogP contribution >= 0.6 is 0 Å².